The van der Waals surface area contributed by atoms with Crippen molar-refractivity contribution in [2.24, 2.45) is 0 Å². The molecule has 1 aliphatic carbocycles. The predicted octanol–water partition coefficient (Wildman–Crippen LogP) is 2.05. The Morgan fingerprint density at radius 1 is 1.32 bits per heavy atom. The molecule has 4 rings (SSSR count). The van der Waals surface area contributed by atoms with Gasteiger partial charge in [0.2, 0.25) is 5.43 Å². The number of fused-ring (bicyclic) bond motifs is 1. The Morgan fingerprint density at radius 2 is 2.04 bits per heavy atom. The standard InChI is InChI=1S/C18H19FN2O4/c1-9-15-12(6-14(19)16(9)20-5-4-11(22)7-20)17(23)13(18(24)25)8-21(15)10-2-3-10/h6,8,10-11,22H,2-5,7H2,1H3,(H,24,25)/t11-/m0/s1. The minimum atomic E-state index is -1.30. The van der Waals surface area contributed by atoms with Gasteiger partial charge in [0.15, 0.2) is 0 Å². The van der Waals surface area contributed by atoms with E-state index >= 15 is 0 Å². The molecule has 7 heteroatoms. The van der Waals surface area contributed by atoms with Crippen LogP contribution in [0.3, 0.4) is 0 Å². The van der Waals surface area contributed by atoms with Gasteiger partial charge in [-0.15, -0.1) is 0 Å². The molecular formula is C18H19FN2O4. The number of nitrogens with zero attached hydrogens (tertiary/aromatic N) is 2. The van der Waals surface area contributed by atoms with Crippen LogP contribution in [0.15, 0.2) is 17.1 Å². The molecule has 6 nitrogen and oxygen atoms in total. The predicted molar refractivity (Wildman–Crippen MR) is 91.0 cm³/mol. The molecule has 2 N–H and O–H groups in total. The Balaban J connectivity index is 2.03. The van der Waals surface area contributed by atoms with E-state index in [1.807, 2.05) is 4.57 Å². The Morgan fingerprint density at radius 3 is 2.60 bits per heavy atom. The summed E-state index contributed by atoms with van der Waals surface area (Å²) in [5.41, 5.74) is 0.609. The van der Waals surface area contributed by atoms with Gasteiger partial charge in [0, 0.05) is 30.7 Å². The fourth-order valence-electron chi connectivity index (χ4n) is 3.80. The maximum atomic E-state index is 14.8. The van der Waals surface area contributed by atoms with Gasteiger partial charge in [-0.05, 0) is 37.8 Å². The average molecular weight is 346 g/mol. The summed E-state index contributed by atoms with van der Waals surface area (Å²) in [6.07, 6.45) is 3.29. The highest BCUT2D eigenvalue weighted by atomic mass is 19.1. The normalized spacial score (nSPS) is 20.4. The van der Waals surface area contributed by atoms with Gasteiger partial charge in [0.1, 0.15) is 11.4 Å². The second-order valence-corrected chi connectivity index (χ2v) is 6.93. The number of carboxylic acid groups (broad SMARTS) is 1. The molecule has 132 valence electrons. The fourth-order valence-corrected chi connectivity index (χ4v) is 3.80. The topological polar surface area (TPSA) is 82.8 Å². The average Bonchev–Trinajstić information content (AvgIpc) is 3.30. The number of benzene rings is 1. The number of aromatic carboxylic acids is 1. The van der Waals surface area contributed by atoms with Gasteiger partial charge >= 0.3 is 5.97 Å². The molecule has 25 heavy (non-hydrogen) atoms. The first-order chi connectivity index (χ1) is 11.9. The van der Waals surface area contributed by atoms with E-state index in [0.717, 1.165) is 18.9 Å². The van der Waals surface area contributed by atoms with Gasteiger partial charge < -0.3 is 19.7 Å². The number of carboxylic acids is 1. The number of pyridine rings is 1. The summed E-state index contributed by atoms with van der Waals surface area (Å²) in [6.45, 7) is 2.65. The van der Waals surface area contributed by atoms with Crippen LogP contribution < -0.4 is 10.3 Å². The zero-order chi connectivity index (χ0) is 17.9. The van der Waals surface area contributed by atoms with E-state index in [-0.39, 0.29) is 17.0 Å². The molecule has 1 atom stereocenters. The lowest BCUT2D eigenvalue weighted by atomic mass is 10.0. The second kappa shape index (κ2) is 5.56. The van der Waals surface area contributed by atoms with E-state index in [4.69, 9.17) is 0 Å². The van der Waals surface area contributed by atoms with Crippen LogP contribution in [-0.2, 0) is 0 Å². The van der Waals surface area contributed by atoms with Crippen LogP contribution in [0.2, 0.25) is 0 Å². The summed E-state index contributed by atoms with van der Waals surface area (Å²) in [6, 6.07) is 1.29. The summed E-state index contributed by atoms with van der Waals surface area (Å²) in [7, 11) is 0. The molecule has 0 amide bonds. The van der Waals surface area contributed by atoms with Crippen molar-refractivity contribution in [2.75, 3.05) is 18.0 Å². The van der Waals surface area contributed by atoms with E-state index < -0.39 is 23.3 Å². The van der Waals surface area contributed by atoms with Gasteiger partial charge in [0.25, 0.3) is 0 Å². The molecule has 0 spiro atoms. The Kier molecular flexibility index (Phi) is 3.57. The van der Waals surface area contributed by atoms with Crippen LogP contribution in [0.5, 0.6) is 0 Å². The van der Waals surface area contributed by atoms with Crippen molar-refractivity contribution < 1.29 is 19.4 Å². The zero-order valence-corrected chi connectivity index (χ0v) is 13.8. The lowest BCUT2D eigenvalue weighted by Crippen LogP contribution is -2.25. The van der Waals surface area contributed by atoms with Crippen LogP contribution >= 0.6 is 0 Å². The Labute approximate surface area is 143 Å². The Bertz CT molecular complexity index is 948. The maximum absolute atomic E-state index is 14.8. The summed E-state index contributed by atoms with van der Waals surface area (Å²) < 4.78 is 16.6. The maximum Gasteiger partial charge on any atom is 0.341 e. The van der Waals surface area contributed by atoms with Crippen LogP contribution in [0.1, 0.15) is 41.2 Å². The number of rotatable bonds is 3. The van der Waals surface area contributed by atoms with Crippen LogP contribution in [0.4, 0.5) is 10.1 Å². The number of hydrogen-bond acceptors (Lipinski definition) is 4. The van der Waals surface area contributed by atoms with Crippen molar-refractivity contribution in [1.29, 1.82) is 0 Å². The van der Waals surface area contributed by atoms with Crippen molar-refractivity contribution in [3.8, 4) is 0 Å². The molecular weight excluding hydrogens is 327 g/mol. The van der Waals surface area contributed by atoms with Crippen LogP contribution in [0.25, 0.3) is 10.9 Å². The number of halogens is 1. The first-order valence-electron chi connectivity index (χ1n) is 8.42. The summed E-state index contributed by atoms with van der Waals surface area (Å²) >= 11 is 0. The van der Waals surface area contributed by atoms with E-state index in [0.29, 0.717) is 36.3 Å². The third kappa shape index (κ3) is 2.50. The third-order valence-electron chi connectivity index (χ3n) is 5.13. The monoisotopic (exact) mass is 346 g/mol. The number of hydrogen-bond donors (Lipinski definition) is 2. The molecule has 0 radical (unpaired) electrons. The SMILES string of the molecule is Cc1c(N2CC[C@H](O)C2)c(F)cc2c(=O)c(C(=O)O)cn(C3CC3)c12. The van der Waals surface area contributed by atoms with E-state index in [1.165, 1.54) is 6.20 Å². The van der Waals surface area contributed by atoms with Gasteiger partial charge in [-0.1, -0.05) is 0 Å². The first kappa shape index (κ1) is 16.1. The molecule has 0 bridgehead atoms. The van der Waals surface area contributed by atoms with Gasteiger partial charge in [-0.3, -0.25) is 4.79 Å². The highest BCUT2D eigenvalue weighted by Crippen LogP contribution is 2.40. The fraction of sp³-hybridized carbons (Fsp3) is 0.444. The molecule has 1 aliphatic heterocycles. The van der Waals surface area contributed by atoms with Crippen molar-refractivity contribution in [1.82, 2.24) is 4.57 Å². The minimum absolute atomic E-state index is 0.102. The number of carbonyl (C=O) groups is 1. The molecule has 1 saturated carbocycles. The number of β-amino-alcohol motifs (C(OH)–C–C–N with tert-alkyl or cyclic N) is 1. The lowest BCUT2D eigenvalue weighted by Gasteiger charge is -2.24. The highest BCUT2D eigenvalue weighted by Gasteiger charge is 2.31. The molecule has 2 heterocycles. The third-order valence-corrected chi connectivity index (χ3v) is 5.13. The van der Waals surface area contributed by atoms with Crippen LogP contribution in [-0.4, -0.2) is 39.9 Å². The van der Waals surface area contributed by atoms with Gasteiger partial charge in [-0.2, -0.15) is 0 Å². The number of anilines is 1. The van der Waals surface area contributed by atoms with Crippen molar-refractivity contribution in [3.05, 3.63) is 39.4 Å². The molecule has 1 aromatic heterocycles. The van der Waals surface area contributed by atoms with E-state index in [2.05, 4.69) is 0 Å². The van der Waals surface area contributed by atoms with Crippen molar-refractivity contribution >= 4 is 22.6 Å². The summed E-state index contributed by atoms with van der Waals surface area (Å²) in [5, 5.41) is 19.2. The zero-order valence-electron chi connectivity index (χ0n) is 13.8. The van der Waals surface area contributed by atoms with Gasteiger partial charge in [-0.25, -0.2) is 9.18 Å². The van der Waals surface area contributed by atoms with Crippen molar-refractivity contribution in [2.45, 2.75) is 38.3 Å². The number of aliphatic hydroxyl groups is 1. The minimum Gasteiger partial charge on any atom is -0.477 e. The lowest BCUT2D eigenvalue weighted by molar-refractivity contribution is 0.0695. The smallest absolute Gasteiger partial charge is 0.341 e. The molecule has 2 aliphatic rings. The highest BCUT2D eigenvalue weighted by molar-refractivity contribution is 5.95. The second-order valence-electron chi connectivity index (χ2n) is 6.93. The van der Waals surface area contributed by atoms with E-state index in [9.17, 15) is 24.2 Å². The number of aliphatic hydroxyl groups excluding tert-OH is 1. The van der Waals surface area contributed by atoms with Crippen LogP contribution in [0, 0.1) is 12.7 Å². The molecule has 2 fully saturated rings. The van der Waals surface area contributed by atoms with E-state index in [1.54, 1.807) is 11.8 Å². The number of aryl methyl sites for hydroxylation is 1. The Hall–Kier alpha value is -2.41. The first-order valence-corrected chi connectivity index (χ1v) is 8.42. The summed E-state index contributed by atoms with van der Waals surface area (Å²) in [5.74, 6) is -1.85. The molecule has 1 aromatic carbocycles. The summed E-state index contributed by atoms with van der Waals surface area (Å²) in [4.78, 5) is 25.7. The van der Waals surface area contributed by atoms with Gasteiger partial charge in [0.05, 0.1) is 17.3 Å². The quantitative estimate of drug-likeness (QED) is 0.889. The molecule has 0 unspecified atom stereocenters. The molecule has 1 saturated heterocycles. The van der Waals surface area contributed by atoms with Crippen molar-refractivity contribution in [3.63, 3.8) is 0 Å². The molecule has 2 aromatic rings. The number of aromatic nitrogens is 1. The largest absolute Gasteiger partial charge is 0.477 e.